The minimum atomic E-state index is -3.40. The smallest absolute Gasteiger partial charge is 0.242 e. The van der Waals surface area contributed by atoms with Gasteiger partial charge < -0.3 is 14.8 Å². The first-order valence-electron chi connectivity index (χ1n) is 7.42. The van der Waals surface area contributed by atoms with Gasteiger partial charge in [0.05, 0.1) is 5.52 Å². The van der Waals surface area contributed by atoms with Crippen molar-refractivity contribution in [3.8, 4) is 0 Å². The third-order valence-corrected chi connectivity index (χ3v) is 5.34. The van der Waals surface area contributed by atoms with Gasteiger partial charge in [-0.05, 0) is 44.6 Å². The van der Waals surface area contributed by atoms with Crippen molar-refractivity contribution >= 4 is 32.3 Å². The third-order valence-electron chi connectivity index (χ3n) is 3.84. The fraction of sp³-hybridized carbons (Fsp3) is 0.438. The lowest BCUT2D eigenvalue weighted by molar-refractivity contribution is -0.115. The number of fused-ring (bicyclic) bond motifs is 1. The zero-order valence-electron chi connectivity index (χ0n) is 13.9. The van der Waals surface area contributed by atoms with E-state index in [0.717, 1.165) is 30.2 Å². The lowest BCUT2D eigenvalue weighted by Crippen LogP contribution is -2.31. The van der Waals surface area contributed by atoms with Crippen LogP contribution < -0.4 is 5.32 Å². The van der Waals surface area contributed by atoms with E-state index < -0.39 is 21.0 Å². The summed E-state index contributed by atoms with van der Waals surface area (Å²) in [6.07, 6.45) is 3.08. The summed E-state index contributed by atoms with van der Waals surface area (Å²) in [5.41, 5.74) is 1.61. The van der Waals surface area contributed by atoms with Crippen LogP contribution in [-0.4, -0.2) is 55.9 Å². The molecular weight excluding hydrogens is 314 g/mol. The number of aromatic nitrogens is 1. The van der Waals surface area contributed by atoms with Crippen molar-refractivity contribution in [1.29, 1.82) is 0 Å². The topological polar surface area (TPSA) is 71.4 Å². The van der Waals surface area contributed by atoms with Crippen molar-refractivity contribution in [2.24, 2.45) is 0 Å². The largest absolute Gasteiger partial charge is 0.346 e. The number of nitrogens with zero attached hydrogens (tertiary/aromatic N) is 2. The van der Waals surface area contributed by atoms with Crippen LogP contribution in [0.1, 0.15) is 6.92 Å². The number of carbonyl (C=O) groups excluding carboxylic acids is 1. The SMILES string of the molecule is C[C@H](C(=O)Nc1ccc2ccn(CCN(C)C)c2c1)S(C)(=O)=O. The number of likely N-dealkylation sites (N-methyl/N-ethyl adjacent to an activating group) is 1. The van der Waals surface area contributed by atoms with Gasteiger partial charge in [-0.2, -0.15) is 0 Å². The summed E-state index contributed by atoms with van der Waals surface area (Å²) in [5.74, 6) is -0.516. The molecule has 0 fully saturated rings. The molecule has 0 aliphatic heterocycles. The standard InChI is InChI=1S/C16H23N3O3S/c1-12(23(4,21)22)16(20)17-14-6-5-13-7-8-19(15(13)11-14)10-9-18(2)3/h5-8,11-12H,9-10H2,1-4H3,(H,17,20)/t12-/m1/s1. The van der Waals surface area contributed by atoms with E-state index in [-0.39, 0.29) is 0 Å². The molecule has 2 rings (SSSR count). The van der Waals surface area contributed by atoms with Gasteiger partial charge in [-0.3, -0.25) is 4.79 Å². The van der Waals surface area contributed by atoms with Gasteiger partial charge in [0.15, 0.2) is 9.84 Å². The second-order valence-corrected chi connectivity index (χ2v) is 8.41. The molecule has 1 N–H and O–H groups in total. The van der Waals surface area contributed by atoms with Gasteiger partial charge in [0.2, 0.25) is 5.91 Å². The van der Waals surface area contributed by atoms with Gasteiger partial charge in [0, 0.05) is 31.2 Å². The van der Waals surface area contributed by atoms with Gasteiger partial charge in [-0.1, -0.05) is 6.07 Å². The summed E-state index contributed by atoms with van der Waals surface area (Å²) < 4.78 is 25.1. The van der Waals surface area contributed by atoms with Gasteiger partial charge in [0.1, 0.15) is 5.25 Å². The first kappa shape index (κ1) is 17.5. The number of amides is 1. The molecule has 2 aromatic rings. The predicted octanol–water partition coefficient (Wildman–Crippen LogP) is 1.57. The van der Waals surface area contributed by atoms with Crippen LogP contribution in [0, 0.1) is 0 Å². The maximum atomic E-state index is 12.0. The molecule has 0 saturated heterocycles. The first-order chi connectivity index (χ1) is 10.7. The Labute approximate surface area is 137 Å². The Bertz CT molecular complexity index is 809. The molecule has 0 unspecified atom stereocenters. The second kappa shape index (κ2) is 6.72. The number of carbonyl (C=O) groups is 1. The number of rotatable bonds is 6. The molecule has 23 heavy (non-hydrogen) atoms. The second-order valence-electron chi connectivity index (χ2n) is 6.05. The summed E-state index contributed by atoms with van der Waals surface area (Å²) in [5, 5.41) is 2.69. The van der Waals surface area contributed by atoms with Crippen molar-refractivity contribution < 1.29 is 13.2 Å². The van der Waals surface area contributed by atoms with Gasteiger partial charge in [-0.15, -0.1) is 0 Å². The lowest BCUT2D eigenvalue weighted by atomic mass is 10.2. The van der Waals surface area contributed by atoms with Gasteiger partial charge in [-0.25, -0.2) is 8.42 Å². The van der Waals surface area contributed by atoms with Crippen LogP contribution in [-0.2, 0) is 21.2 Å². The summed E-state index contributed by atoms with van der Waals surface area (Å²) in [6, 6.07) is 7.60. The van der Waals surface area contributed by atoms with E-state index in [1.165, 1.54) is 6.92 Å². The van der Waals surface area contributed by atoms with Crippen LogP contribution in [0.5, 0.6) is 0 Å². The molecule has 0 radical (unpaired) electrons. The molecule has 0 aliphatic carbocycles. The normalized spacial score (nSPS) is 13.4. The van der Waals surface area contributed by atoms with Gasteiger partial charge in [0.25, 0.3) is 0 Å². The van der Waals surface area contributed by atoms with Crippen molar-refractivity contribution in [2.45, 2.75) is 18.7 Å². The average molecular weight is 337 g/mol. The Balaban J connectivity index is 2.22. The Hall–Kier alpha value is -1.86. The maximum Gasteiger partial charge on any atom is 0.242 e. The molecular formula is C16H23N3O3S. The van der Waals surface area contributed by atoms with Crippen LogP contribution >= 0.6 is 0 Å². The van der Waals surface area contributed by atoms with Crippen molar-refractivity contribution in [1.82, 2.24) is 9.47 Å². The molecule has 6 nitrogen and oxygen atoms in total. The molecule has 0 spiro atoms. The Morgan fingerprint density at radius 1 is 1.30 bits per heavy atom. The highest BCUT2D eigenvalue weighted by atomic mass is 32.2. The fourth-order valence-electron chi connectivity index (χ4n) is 2.20. The first-order valence-corrected chi connectivity index (χ1v) is 9.37. The van der Waals surface area contributed by atoms with E-state index in [4.69, 9.17) is 0 Å². The minimum absolute atomic E-state index is 0.516. The predicted molar refractivity (Wildman–Crippen MR) is 93.4 cm³/mol. The summed E-state index contributed by atoms with van der Waals surface area (Å²) >= 11 is 0. The van der Waals surface area contributed by atoms with Crippen LogP contribution in [0.25, 0.3) is 10.9 Å². The molecule has 7 heteroatoms. The van der Waals surface area contributed by atoms with Crippen molar-refractivity contribution in [2.75, 3.05) is 32.2 Å². The maximum absolute atomic E-state index is 12.0. The highest BCUT2D eigenvalue weighted by molar-refractivity contribution is 7.92. The number of hydrogen-bond acceptors (Lipinski definition) is 4. The van der Waals surface area contributed by atoms with Crippen LogP contribution in [0.2, 0.25) is 0 Å². The van der Waals surface area contributed by atoms with Crippen molar-refractivity contribution in [3.63, 3.8) is 0 Å². The molecule has 1 atom stereocenters. The molecule has 126 valence electrons. The minimum Gasteiger partial charge on any atom is -0.346 e. The molecule has 0 saturated carbocycles. The Morgan fingerprint density at radius 2 is 2.00 bits per heavy atom. The lowest BCUT2D eigenvalue weighted by Gasteiger charge is -2.13. The van der Waals surface area contributed by atoms with Gasteiger partial charge >= 0.3 is 0 Å². The quantitative estimate of drug-likeness (QED) is 0.869. The number of benzene rings is 1. The molecule has 1 heterocycles. The van der Waals surface area contributed by atoms with Crippen LogP contribution in [0.4, 0.5) is 5.69 Å². The number of sulfone groups is 1. The van der Waals surface area contributed by atoms with Crippen molar-refractivity contribution in [3.05, 3.63) is 30.5 Å². The highest BCUT2D eigenvalue weighted by Gasteiger charge is 2.23. The zero-order chi connectivity index (χ0) is 17.2. The highest BCUT2D eigenvalue weighted by Crippen LogP contribution is 2.21. The van der Waals surface area contributed by atoms with E-state index in [1.54, 1.807) is 6.07 Å². The van der Waals surface area contributed by atoms with E-state index in [2.05, 4.69) is 14.8 Å². The Kier molecular flexibility index (Phi) is 5.11. The number of hydrogen-bond donors (Lipinski definition) is 1. The fourth-order valence-corrected chi connectivity index (χ4v) is 2.65. The van der Waals surface area contributed by atoms with E-state index in [9.17, 15) is 13.2 Å². The third kappa shape index (κ3) is 4.33. The monoisotopic (exact) mass is 337 g/mol. The van der Waals surface area contributed by atoms with Crippen LogP contribution in [0.15, 0.2) is 30.5 Å². The molecule has 1 aromatic heterocycles. The number of nitrogens with one attached hydrogen (secondary N) is 1. The summed E-state index contributed by atoms with van der Waals surface area (Å²) in [4.78, 5) is 14.1. The summed E-state index contributed by atoms with van der Waals surface area (Å²) in [6.45, 7) is 3.14. The zero-order valence-corrected chi connectivity index (χ0v) is 14.7. The molecule has 0 aliphatic rings. The van der Waals surface area contributed by atoms with Crippen LogP contribution in [0.3, 0.4) is 0 Å². The molecule has 1 aromatic carbocycles. The average Bonchev–Trinajstić information content (AvgIpc) is 2.85. The summed E-state index contributed by atoms with van der Waals surface area (Å²) in [7, 11) is 0.633. The molecule has 1 amide bonds. The van der Waals surface area contributed by atoms with E-state index >= 15 is 0 Å². The number of anilines is 1. The Morgan fingerprint density at radius 3 is 2.61 bits per heavy atom. The van der Waals surface area contributed by atoms with E-state index in [0.29, 0.717) is 5.69 Å². The molecule has 0 bridgehead atoms. The van der Waals surface area contributed by atoms with E-state index in [1.807, 2.05) is 38.5 Å².